The van der Waals surface area contributed by atoms with Gasteiger partial charge in [-0.3, -0.25) is 4.98 Å². The van der Waals surface area contributed by atoms with E-state index < -0.39 is 0 Å². The highest BCUT2D eigenvalue weighted by molar-refractivity contribution is 5.17. The third-order valence-electron chi connectivity index (χ3n) is 2.50. The molecular formula is C11H17FN2O. The van der Waals surface area contributed by atoms with E-state index in [1.165, 1.54) is 6.20 Å². The lowest BCUT2D eigenvalue weighted by atomic mass is 10.0. The topological polar surface area (TPSA) is 34.1 Å². The van der Waals surface area contributed by atoms with Crippen molar-refractivity contribution in [1.82, 2.24) is 10.3 Å². The quantitative estimate of drug-likeness (QED) is 0.809. The Bertz CT molecular complexity index is 306. The highest BCUT2D eigenvalue weighted by atomic mass is 19.1. The number of ether oxygens (including phenoxy) is 1. The number of nitrogens with one attached hydrogen (secondary N) is 1. The normalized spacial score (nSPS) is 14.9. The standard InChI is InChI=1S/C11H17FN2O/c1-8(15-3)6-11(13-2)9-4-5-14-7-10(9)12/h4-5,7-8,11,13H,6H2,1-3H3. The van der Waals surface area contributed by atoms with Crippen molar-refractivity contribution in [1.29, 1.82) is 0 Å². The largest absolute Gasteiger partial charge is 0.382 e. The molecule has 2 atom stereocenters. The molecule has 0 bridgehead atoms. The minimum Gasteiger partial charge on any atom is -0.382 e. The molecule has 0 radical (unpaired) electrons. The Kier molecular flexibility index (Phi) is 4.65. The minimum absolute atomic E-state index is 0.0389. The van der Waals surface area contributed by atoms with Crippen LogP contribution in [-0.4, -0.2) is 25.2 Å². The molecule has 1 rings (SSSR count). The average Bonchev–Trinajstić information content (AvgIpc) is 2.26. The van der Waals surface area contributed by atoms with Crippen LogP contribution in [-0.2, 0) is 4.74 Å². The van der Waals surface area contributed by atoms with Gasteiger partial charge in [0.2, 0.25) is 0 Å². The van der Waals surface area contributed by atoms with E-state index in [2.05, 4.69) is 10.3 Å². The van der Waals surface area contributed by atoms with Gasteiger partial charge in [-0.25, -0.2) is 4.39 Å². The van der Waals surface area contributed by atoms with Crippen LogP contribution in [0.1, 0.15) is 24.9 Å². The van der Waals surface area contributed by atoms with Crippen LogP contribution in [0.3, 0.4) is 0 Å². The molecule has 2 unspecified atom stereocenters. The van der Waals surface area contributed by atoms with Gasteiger partial charge in [0.25, 0.3) is 0 Å². The van der Waals surface area contributed by atoms with Crippen LogP contribution >= 0.6 is 0 Å². The Balaban J connectivity index is 2.78. The zero-order valence-electron chi connectivity index (χ0n) is 9.33. The van der Waals surface area contributed by atoms with Crippen molar-refractivity contribution in [2.45, 2.75) is 25.5 Å². The number of rotatable bonds is 5. The first-order chi connectivity index (χ1) is 7.19. The first-order valence-electron chi connectivity index (χ1n) is 4.98. The second kappa shape index (κ2) is 5.78. The highest BCUT2D eigenvalue weighted by Crippen LogP contribution is 2.20. The molecule has 0 saturated carbocycles. The van der Waals surface area contributed by atoms with E-state index in [4.69, 9.17) is 4.74 Å². The molecule has 0 aromatic carbocycles. The molecular weight excluding hydrogens is 195 g/mol. The van der Waals surface area contributed by atoms with E-state index in [9.17, 15) is 4.39 Å². The molecule has 1 N–H and O–H groups in total. The fourth-order valence-electron chi connectivity index (χ4n) is 1.50. The number of pyridine rings is 1. The molecule has 0 aliphatic heterocycles. The molecule has 1 heterocycles. The predicted octanol–water partition coefficient (Wildman–Crippen LogP) is 1.91. The SMILES string of the molecule is CNC(CC(C)OC)c1ccncc1F. The van der Waals surface area contributed by atoms with Crippen LogP contribution in [0.2, 0.25) is 0 Å². The number of aromatic nitrogens is 1. The number of halogens is 1. The maximum absolute atomic E-state index is 13.4. The smallest absolute Gasteiger partial charge is 0.146 e. The summed E-state index contributed by atoms with van der Waals surface area (Å²) in [5.74, 6) is -0.278. The van der Waals surface area contributed by atoms with Crippen LogP contribution < -0.4 is 5.32 Å². The number of hydrogen-bond donors (Lipinski definition) is 1. The van der Waals surface area contributed by atoms with Gasteiger partial charge in [-0.15, -0.1) is 0 Å². The summed E-state index contributed by atoms with van der Waals surface area (Å²) in [7, 11) is 3.47. The van der Waals surface area contributed by atoms with E-state index in [0.29, 0.717) is 5.56 Å². The first-order valence-corrected chi connectivity index (χ1v) is 4.98. The van der Waals surface area contributed by atoms with Gasteiger partial charge in [0.05, 0.1) is 12.3 Å². The fourth-order valence-corrected chi connectivity index (χ4v) is 1.50. The molecule has 1 aromatic rings. The predicted molar refractivity (Wildman–Crippen MR) is 57.1 cm³/mol. The van der Waals surface area contributed by atoms with Crippen molar-refractivity contribution < 1.29 is 9.13 Å². The van der Waals surface area contributed by atoms with Crippen molar-refractivity contribution in [3.05, 3.63) is 29.8 Å². The van der Waals surface area contributed by atoms with Gasteiger partial charge in [-0.05, 0) is 26.5 Å². The summed E-state index contributed by atoms with van der Waals surface area (Å²) in [5.41, 5.74) is 0.636. The lowest BCUT2D eigenvalue weighted by molar-refractivity contribution is 0.101. The Morgan fingerprint density at radius 2 is 2.33 bits per heavy atom. The van der Waals surface area contributed by atoms with Crippen molar-refractivity contribution in [2.75, 3.05) is 14.2 Å². The van der Waals surface area contributed by atoms with Gasteiger partial charge < -0.3 is 10.1 Å². The number of hydrogen-bond acceptors (Lipinski definition) is 3. The lowest BCUT2D eigenvalue weighted by Gasteiger charge is -2.20. The highest BCUT2D eigenvalue weighted by Gasteiger charge is 2.16. The van der Waals surface area contributed by atoms with Crippen LogP contribution in [0.25, 0.3) is 0 Å². The zero-order chi connectivity index (χ0) is 11.3. The molecule has 0 aliphatic carbocycles. The average molecular weight is 212 g/mol. The van der Waals surface area contributed by atoms with Crippen LogP contribution in [0, 0.1) is 5.82 Å². The second-order valence-corrected chi connectivity index (χ2v) is 3.52. The molecule has 0 amide bonds. The van der Waals surface area contributed by atoms with Crippen LogP contribution in [0.5, 0.6) is 0 Å². The second-order valence-electron chi connectivity index (χ2n) is 3.52. The molecule has 0 aliphatic rings. The molecule has 15 heavy (non-hydrogen) atoms. The Morgan fingerprint density at radius 1 is 1.60 bits per heavy atom. The number of nitrogens with zero attached hydrogens (tertiary/aromatic N) is 1. The monoisotopic (exact) mass is 212 g/mol. The van der Waals surface area contributed by atoms with Crippen molar-refractivity contribution >= 4 is 0 Å². The number of methoxy groups -OCH3 is 1. The third kappa shape index (κ3) is 3.25. The van der Waals surface area contributed by atoms with E-state index in [0.717, 1.165) is 6.42 Å². The maximum Gasteiger partial charge on any atom is 0.146 e. The third-order valence-corrected chi connectivity index (χ3v) is 2.50. The summed E-state index contributed by atoms with van der Waals surface area (Å²) < 4.78 is 18.6. The Labute approximate surface area is 89.7 Å². The van der Waals surface area contributed by atoms with Gasteiger partial charge in [0.1, 0.15) is 5.82 Å². The summed E-state index contributed by atoms with van der Waals surface area (Å²) in [4.78, 5) is 3.73. The molecule has 84 valence electrons. The summed E-state index contributed by atoms with van der Waals surface area (Å²) in [6.07, 6.45) is 3.65. The van der Waals surface area contributed by atoms with Crippen molar-refractivity contribution in [3.63, 3.8) is 0 Å². The summed E-state index contributed by atoms with van der Waals surface area (Å²) in [6, 6.07) is 1.65. The molecule has 1 aromatic heterocycles. The summed E-state index contributed by atoms with van der Waals surface area (Å²) in [5, 5.41) is 3.08. The first kappa shape index (κ1) is 12.1. The van der Waals surface area contributed by atoms with Gasteiger partial charge in [0.15, 0.2) is 0 Å². The van der Waals surface area contributed by atoms with Crippen molar-refractivity contribution in [2.24, 2.45) is 0 Å². The van der Waals surface area contributed by atoms with Gasteiger partial charge in [-0.2, -0.15) is 0 Å². The Hall–Kier alpha value is -1.00. The Morgan fingerprint density at radius 3 is 2.87 bits per heavy atom. The minimum atomic E-state index is -0.278. The van der Waals surface area contributed by atoms with E-state index >= 15 is 0 Å². The van der Waals surface area contributed by atoms with Crippen LogP contribution in [0.4, 0.5) is 4.39 Å². The molecule has 4 heteroatoms. The van der Waals surface area contributed by atoms with Gasteiger partial charge in [0, 0.05) is 24.9 Å². The zero-order valence-corrected chi connectivity index (χ0v) is 9.33. The van der Waals surface area contributed by atoms with Crippen molar-refractivity contribution in [3.8, 4) is 0 Å². The van der Waals surface area contributed by atoms with E-state index in [-0.39, 0.29) is 18.0 Å². The fraction of sp³-hybridized carbons (Fsp3) is 0.545. The molecule has 0 saturated heterocycles. The van der Waals surface area contributed by atoms with E-state index in [1.807, 2.05) is 14.0 Å². The van der Waals surface area contributed by atoms with Crippen LogP contribution in [0.15, 0.2) is 18.5 Å². The molecule has 3 nitrogen and oxygen atoms in total. The summed E-state index contributed by atoms with van der Waals surface area (Å²) in [6.45, 7) is 1.96. The molecule has 0 fully saturated rings. The molecule has 0 spiro atoms. The lowest BCUT2D eigenvalue weighted by Crippen LogP contribution is -2.23. The summed E-state index contributed by atoms with van der Waals surface area (Å²) >= 11 is 0. The van der Waals surface area contributed by atoms with Gasteiger partial charge in [-0.1, -0.05) is 0 Å². The van der Waals surface area contributed by atoms with Gasteiger partial charge >= 0.3 is 0 Å². The maximum atomic E-state index is 13.4. The van der Waals surface area contributed by atoms with E-state index in [1.54, 1.807) is 19.4 Å².